The number of benzene rings is 9. The van der Waals surface area contributed by atoms with E-state index in [-0.39, 0.29) is 58.9 Å². The highest BCUT2D eigenvalue weighted by atomic mass is 19.4. The number of ether oxygens (including phenoxy) is 2. The molecular formula is C78H63B3F18N6O14. The molecule has 0 heterocycles. The maximum absolute atomic E-state index is 15.5. The summed E-state index contributed by atoms with van der Waals surface area (Å²) in [5, 5.41) is 43.1. The Bertz CT molecular complexity index is 5160. The molecule has 0 aromatic heterocycles. The molecule has 9 N–H and O–H groups in total. The topological polar surface area (TPSA) is 281 Å². The number of Topliss-reactive ketones (excluding diaryl/α,β-unsaturated/α-hetero) is 1. The number of nitrogens with one attached hydrogen (secondary N) is 6. The van der Waals surface area contributed by atoms with Gasteiger partial charge in [-0.3, -0.25) is 28.8 Å². The average Bonchev–Trinajstić information content (AvgIpc) is 0.718. The molecule has 0 unspecified atom stereocenters. The number of anilines is 6. The smallest absolute Gasteiger partial charge is 0.411 e. The van der Waals surface area contributed by atoms with E-state index in [1.54, 1.807) is 0 Å². The van der Waals surface area contributed by atoms with Crippen LogP contribution in [-0.2, 0) is 30.6 Å². The third-order valence-corrected chi connectivity index (χ3v) is 17.6. The number of carbonyl (C=O) groups is 6. The predicted molar refractivity (Wildman–Crippen MR) is 400 cm³/mol. The summed E-state index contributed by atoms with van der Waals surface area (Å²) in [5.74, 6) is -9.58. The molecule has 0 fully saturated rings. The van der Waals surface area contributed by atoms with Crippen molar-refractivity contribution in [1.29, 1.82) is 0 Å². The van der Waals surface area contributed by atoms with E-state index in [4.69, 9.17) is 33.6 Å². The van der Waals surface area contributed by atoms with Crippen molar-refractivity contribution in [2.45, 2.75) is 101 Å². The Balaban J connectivity index is 0.000000448. The number of hydrogen-bond donors (Lipinski definition) is 9. The number of rotatable bonds is 23. The van der Waals surface area contributed by atoms with Gasteiger partial charge in [0.25, 0.3) is 17.7 Å². The van der Waals surface area contributed by atoms with Crippen LogP contribution in [0, 0.1) is 0 Å². The van der Waals surface area contributed by atoms with E-state index in [0.29, 0.717) is 84.1 Å². The van der Waals surface area contributed by atoms with Crippen molar-refractivity contribution < 1.29 is 147 Å². The Morgan fingerprint density at radius 2 is 0.622 bits per heavy atom. The zero-order chi connectivity index (χ0) is 89.1. The van der Waals surface area contributed by atoms with Gasteiger partial charge in [-0.05, 0) is 201 Å². The number of carbonyl (C=O) groups excluding carboxylic acids is 6. The fraction of sp³-hybridized carbons (Fsp3) is 0.231. The molecule has 624 valence electrons. The number of phenolic OH excluding ortho intramolecular Hbond substituents is 3. The first-order valence-electron chi connectivity index (χ1n) is 34.1. The van der Waals surface area contributed by atoms with Crippen LogP contribution in [0.3, 0.4) is 0 Å². The van der Waals surface area contributed by atoms with Crippen molar-refractivity contribution in [3.05, 3.63) is 238 Å². The monoisotopic (exact) mass is 1680 g/mol. The van der Waals surface area contributed by atoms with E-state index < -0.39 is 185 Å². The third-order valence-electron chi connectivity index (χ3n) is 17.6. The minimum absolute atomic E-state index is 0.139. The second kappa shape index (κ2) is 36.9. The molecule has 5 amide bonds. The molecule has 41 heteroatoms. The Labute approximate surface area is 667 Å². The molecule has 0 spiro atoms. The molecule has 0 aliphatic heterocycles. The molecule has 6 radical (unpaired) electrons. The number of halogens is 18. The maximum atomic E-state index is 15.5. The zero-order valence-electron chi connectivity index (χ0n) is 62.5. The lowest BCUT2D eigenvalue weighted by atomic mass is 9.72. The average molecular weight is 1680 g/mol. The molecule has 9 aromatic carbocycles. The van der Waals surface area contributed by atoms with E-state index >= 15 is 52.7 Å². The largest absolute Gasteiger partial charge is 0.566 e. The fourth-order valence-electron chi connectivity index (χ4n) is 12.2. The first kappa shape index (κ1) is 93.5. The second-order valence-corrected chi connectivity index (χ2v) is 25.7. The summed E-state index contributed by atoms with van der Waals surface area (Å²) in [4.78, 5) is 75.5. The van der Waals surface area contributed by atoms with E-state index in [9.17, 15) is 70.4 Å². The summed E-state index contributed by atoms with van der Waals surface area (Å²) in [5.41, 5.74) is -28.8. The number of amides is 5. The van der Waals surface area contributed by atoms with Crippen molar-refractivity contribution >= 4 is 93.6 Å². The van der Waals surface area contributed by atoms with Gasteiger partial charge in [0.1, 0.15) is 46.0 Å². The molecule has 9 rings (SSSR count). The Kier molecular flexibility index (Phi) is 28.9. The zero-order valence-corrected chi connectivity index (χ0v) is 62.5. The summed E-state index contributed by atoms with van der Waals surface area (Å²) in [6.07, 6.45) is -36.5. The van der Waals surface area contributed by atoms with Gasteiger partial charge in [-0.2, -0.15) is 79.0 Å². The molecule has 0 saturated carbocycles. The van der Waals surface area contributed by atoms with Gasteiger partial charge in [0.2, 0.25) is 28.1 Å². The third kappa shape index (κ3) is 20.1. The molecule has 0 bridgehead atoms. The fourth-order valence-corrected chi connectivity index (χ4v) is 12.2. The van der Waals surface area contributed by atoms with E-state index in [1.807, 2.05) is 36.7 Å². The van der Waals surface area contributed by atoms with Gasteiger partial charge in [-0.15, -0.1) is 0 Å². The van der Waals surface area contributed by atoms with Gasteiger partial charge in [0, 0.05) is 49.8 Å². The summed E-state index contributed by atoms with van der Waals surface area (Å²) < 4.78 is 294. The van der Waals surface area contributed by atoms with Crippen LogP contribution in [0.1, 0.15) is 116 Å². The van der Waals surface area contributed by atoms with Crippen molar-refractivity contribution in [3.63, 3.8) is 0 Å². The standard InChI is InChI=1S/C55H36B2F12N4O10.C18H15BF6N2O3.C5H12O/c1-27(74)29-6-14-37(15-7-29)81-38-16-8-30(9-17-38)47(78)72-41-25-35(12-20-45(41)82-56)51(54(64,65)66,55(67,68)69)34-11-19-44(77)40(24-34)71-48(79)31-4-3-5-32(22-31)49(80)73-42-26-36(13-21-46(42)83-57)50(52(58,59)60,53(61,62)63)33-10-18-43(76)39(23-33)70-28(2)75;1-9(28)27-13-8-11(4-6-15(13)30-19)16(17(20,21)22,18(23,24)25)10-3-5-14(29)12(7-10)26-2;1-4-6-5(2)3/h3-26,76-77H,1-2H3,(H,70,75)(H,71,79)(H,72,78)(H,73,80);3-8,26,29H,1-2H3,(H,27,28);5H,4H2,1-3H3. The molecule has 0 atom stereocenters. The van der Waals surface area contributed by atoms with Crippen LogP contribution in [0.25, 0.3) is 0 Å². The molecule has 0 saturated heterocycles. The predicted octanol–water partition coefficient (Wildman–Crippen LogP) is 18.3. The highest BCUT2D eigenvalue weighted by Crippen LogP contribution is 2.61. The van der Waals surface area contributed by atoms with E-state index in [0.717, 1.165) is 56.9 Å². The highest BCUT2D eigenvalue weighted by Gasteiger charge is 2.75. The number of hydrogen-bond acceptors (Lipinski definition) is 15. The van der Waals surface area contributed by atoms with Gasteiger partial charge in [0.05, 0.1) is 40.2 Å². The Morgan fingerprint density at radius 3 is 0.908 bits per heavy atom. The van der Waals surface area contributed by atoms with Gasteiger partial charge < -0.3 is 70.7 Å². The molecule has 119 heavy (non-hydrogen) atoms. The second-order valence-electron chi connectivity index (χ2n) is 25.7. The summed E-state index contributed by atoms with van der Waals surface area (Å²) >= 11 is 0. The van der Waals surface area contributed by atoms with Crippen LogP contribution in [-0.4, -0.2) is 132 Å². The van der Waals surface area contributed by atoms with Crippen molar-refractivity contribution in [1.82, 2.24) is 0 Å². The first-order chi connectivity index (χ1) is 55.3. The van der Waals surface area contributed by atoms with Crippen LogP contribution >= 0.6 is 0 Å². The molecule has 9 aromatic rings. The molecular weight excluding hydrogens is 1620 g/mol. The minimum atomic E-state index is -6.32. The Hall–Kier alpha value is -12.7. The van der Waals surface area contributed by atoms with E-state index in [2.05, 4.69) is 29.9 Å². The SMILES string of the molecule is CCOC(C)C.[B]Oc1ccc(C(c2ccc(O)c(NC(C)=O)c2)(C(F)(F)F)C(F)(F)F)cc1NC(=O)c1cccc(C(=O)Nc2cc(C(c3ccc(O[B])c(NC(=O)c4ccc(Oc5ccc(C(C)=O)cc5)cc4)c3)(C(F)(F)F)C(F)(F)F)ccc2O)c1.[B]Oc1ccc(C(c2ccc(O)c(NC)c2)(C(F)(F)F)C(F)(F)F)cc1NC(C)=O. The van der Waals surface area contributed by atoms with Gasteiger partial charge in [-0.1, -0.05) is 42.5 Å². The number of alkyl halides is 18. The summed E-state index contributed by atoms with van der Waals surface area (Å²) in [7, 11) is 16.8. The quantitative estimate of drug-likeness (QED) is 0.0125. The van der Waals surface area contributed by atoms with Gasteiger partial charge >= 0.3 is 61.2 Å². The molecule has 0 aliphatic carbocycles. The van der Waals surface area contributed by atoms with Crippen LogP contribution in [0.5, 0.6) is 46.0 Å². The van der Waals surface area contributed by atoms with E-state index in [1.165, 1.54) is 62.5 Å². The number of ketones is 1. The summed E-state index contributed by atoms with van der Waals surface area (Å²) in [6.45, 7) is 10.1. The molecule has 0 aliphatic rings. The Morgan fingerprint density at radius 1 is 0.353 bits per heavy atom. The van der Waals surface area contributed by atoms with Gasteiger partial charge in [0.15, 0.2) is 5.78 Å². The number of phenols is 3. The van der Waals surface area contributed by atoms with Crippen LogP contribution in [0.15, 0.2) is 182 Å². The molecule has 20 nitrogen and oxygen atoms in total. The van der Waals surface area contributed by atoms with Crippen LogP contribution < -0.4 is 50.6 Å². The lowest BCUT2D eigenvalue weighted by Crippen LogP contribution is -2.54. The maximum Gasteiger partial charge on any atom is 0.411 e. The lowest BCUT2D eigenvalue weighted by Gasteiger charge is -2.38. The summed E-state index contributed by atoms with van der Waals surface area (Å²) in [6, 6.07) is 22.3. The normalized spacial score (nSPS) is 12.1. The van der Waals surface area contributed by atoms with Crippen LogP contribution in [0.2, 0.25) is 0 Å². The number of aromatic hydroxyl groups is 3. The first-order valence-corrected chi connectivity index (χ1v) is 34.1. The van der Waals surface area contributed by atoms with Crippen molar-refractivity contribution in [2.24, 2.45) is 0 Å². The lowest BCUT2D eigenvalue weighted by molar-refractivity contribution is -0.290. The van der Waals surface area contributed by atoms with Crippen molar-refractivity contribution in [2.75, 3.05) is 45.6 Å². The highest BCUT2D eigenvalue weighted by molar-refractivity contribution is 6.10. The van der Waals surface area contributed by atoms with Crippen LogP contribution in [0.4, 0.5) is 113 Å². The van der Waals surface area contributed by atoms with Gasteiger partial charge in [-0.25, -0.2) is 0 Å². The minimum Gasteiger partial charge on any atom is -0.566 e. The van der Waals surface area contributed by atoms with Crippen molar-refractivity contribution in [3.8, 4) is 46.0 Å².